The van der Waals surface area contributed by atoms with Gasteiger partial charge in [0.15, 0.2) is 0 Å². The van der Waals surface area contributed by atoms with Crippen LogP contribution in [0.15, 0.2) is 0 Å². The predicted molar refractivity (Wildman–Crippen MR) is 58.4 cm³/mol. The zero-order chi connectivity index (χ0) is 12.8. The zero-order valence-corrected chi connectivity index (χ0v) is 9.52. The van der Waals surface area contributed by atoms with Crippen LogP contribution in [-0.4, -0.2) is 34.1 Å². The van der Waals surface area contributed by atoms with Gasteiger partial charge in [0.25, 0.3) is 0 Å². The largest absolute Gasteiger partial charge is 0.481 e. The second-order valence-electron chi connectivity index (χ2n) is 4.33. The topological polar surface area (TPSA) is 104 Å². The summed E-state index contributed by atoms with van der Waals surface area (Å²) in [6.45, 7) is 0. The monoisotopic (exact) mass is 243 g/mol. The van der Waals surface area contributed by atoms with Crippen LogP contribution in [-0.2, 0) is 14.4 Å². The van der Waals surface area contributed by atoms with E-state index in [0.717, 1.165) is 32.1 Å². The van der Waals surface area contributed by atoms with Gasteiger partial charge >= 0.3 is 11.9 Å². The third-order valence-corrected chi connectivity index (χ3v) is 2.97. The Bertz CT molecular complexity index is 309. The highest BCUT2D eigenvalue weighted by Crippen LogP contribution is 2.23. The maximum atomic E-state index is 11.7. The smallest absolute Gasteiger partial charge is 0.326 e. The highest BCUT2D eigenvalue weighted by molar-refractivity contribution is 5.87. The summed E-state index contributed by atoms with van der Waals surface area (Å²) >= 11 is 0. The highest BCUT2D eigenvalue weighted by atomic mass is 16.4. The molecule has 1 unspecified atom stereocenters. The van der Waals surface area contributed by atoms with E-state index in [1.807, 2.05) is 0 Å². The summed E-state index contributed by atoms with van der Waals surface area (Å²) in [5.74, 6) is -3.05. The molecule has 3 N–H and O–H groups in total. The number of carboxylic acid groups (broad SMARTS) is 2. The van der Waals surface area contributed by atoms with E-state index in [4.69, 9.17) is 10.2 Å². The van der Waals surface area contributed by atoms with E-state index in [-0.39, 0.29) is 11.8 Å². The summed E-state index contributed by atoms with van der Waals surface area (Å²) in [6.07, 6.45) is 3.95. The van der Waals surface area contributed by atoms with Gasteiger partial charge < -0.3 is 15.5 Å². The van der Waals surface area contributed by atoms with Gasteiger partial charge in [-0.05, 0) is 12.8 Å². The Kier molecular flexibility index (Phi) is 4.93. The number of rotatable bonds is 5. The van der Waals surface area contributed by atoms with E-state index in [2.05, 4.69) is 5.32 Å². The minimum absolute atomic E-state index is 0.167. The van der Waals surface area contributed by atoms with Crippen LogP contribution < -0.4 is 5.32 Å². The molecule has 0 aromatic carbocycles. The molecule has 1 rings (SSSR count). The van der Waals surface area contributed by atoms with E-state index in [1.165, 1.54) is 0 Å². The lowest BCUT2D eigenvalue weighted by molar-refractivity contribution is -0.147. The maximum Gasteiger partial charge on any atom is 0.326 e. The molecule has 0 heterocycles. The zero-order valence-electron chi connectivity index (χ0n) is 9.52. The number of nitrogens with one attached hydrogen (secondary N) is 1. The number of aliphatic carboxylic acids is 2. The molecular weight excluding hydrogens is 226 g/mol. The first-order valence-corrected chi connectivity index (χ1v) is 5.75. The highest BCUT2D eigenvalue weighted by Gasteiger charge is 2.27. The van der Waals surface area contributed by atoms with Crippen LogP contribution in [0.5, 0.6) is 0 Å². The van der Waals surface area contributed by atoms with Gasteiger partial charge in [0.1, 0.15) is 6.04 Å². The summed E-state index contributed by atoms with van der Waals surface area (Å²) in [7, 11) is 0. The number of carboxylic acids is 2. The lowest BCUT2D eigenvalue weighted by Gasteiger charge is -2.22. The molecule has 6 heteroatoms. The van der Waals surface area contributed by atoms with Gasteiger partial charge in [0, 0.05) is 5.92 Å². The summed E-state index contributed by atoms with van der Waals surface area (Å²) in [5.41, 5.74) is 0. The van der Waals surface area contributed by atoms with Crippen LogP contribution in [0, 0.1) is 5.92 Å². The van der Waals surface area contributed by atoms with Crippen LogP contribution in [0.3, 0.4) is 0 Å². The van der Waals surface area contributed by atoms with Crippen LogP contribution in [0.1, 0.15) is 38.5 Å². The van der Waals surface area contributed by atoms with E-state index >= 15 is 0 Å². The SMILES string of the molecule is O=C(O)CC(NC(=O)C1CCCCC1)C(=O)O. The number of hydrogen-bond donors (Lipinski definition) is 3. The fourth-order valence-corrected chi connectivity index (χ4v) is 2.03. The van der Waals surface area contributed by atoms with Crippen molar-refractivity contribution in [1.82, 2.24) is 5.32 Å². The first-order valence-electron chi connectivity index (χ1n) is 5.75. The molecule has 0 aromatic heterocycles. The Morgan fingerprint density at radius 2 is 1.71 bits per heavy atom. The van der Waals surface area contributed by atoms with Gasteiger partial charge in [0.2, 0.25) is 5.91 Å². The molecule has 0 radical (unpaired) electrons. The third kappa shape index (κ3) is 4.42. The lowest BCUT2D eigenvalue weighted by Crippen LogP contribution is -2.45. The molecule has 0 bridgehead atoms. The van der Waals surface area contributed by atoms with Crippen molar-refractivity contribution in [2.75, 3.05) is 0 Å². The van der Waals surface area contributed by atoms with Crippen molar-refractivity contribution in [2.45, 2.75) is 44.6 Å². The van der Waals surface area contributed by atoms with Gasteiger partial charge in [-0.3, -0.25) is 9.59 Å². The summed E-state index contributed by atoms with van der Waals surface area (Å²) in [4.78, 5) is 33.0. The summed E-state index contributed by atoms with van der Waals surface area (Å²) < 4.78 is 0. The van der Waals surface area contributed by atoms with Crippen LogP contribution in [0.4, 0.5) is 0 Å². The molecule has 1 aliphatic carbocycles. The predicted octanol–water partition coefficient (Wildman–Crippen LogP) is 0.611. The quantitative estimate of drug-likeness (QED) is 0.656. The van der Waals surface area contributed by atoms with Crippen LogP contribution in [0.25, 0.3) is 0 Å². The summed E-state index contributed by atoms with van der Waals surface area (Å²) in [6, 6.07) is -1.33. The Labute approximate surface area is 99.0 Å². The number of carbonyl (C=O) groups excluding carboxylic acids is 1. The van der Waals surface area contributed by atoms with Crippen molar-refractivity contribution in [2.24, 2.45) is 5.92 Å². The second kappa shape index (κ2) is 6.22. The first-order chi connectivity index (χ1) is 8.00. The molecule has 0 aliphatic heterocycles. The molecule has 0 spiro atoms. The molecule has 1 saturated carbocycles. The molecule has 96 valence electrons. The second-order valence-corrected chi connectivity index (χ2v) is 4.33. The summed E-state index contributed by atoms with van der Waals surface area (Å²) in [5, 5.41) is 19.6. The fraction of sp³-hybridized carbons (Fsp3) is 0.727. The van der Waals surface area contributed by atoms with Crippen molar-refractivity contribution >= 4 is 17.8 Å². The molecule has 0 aromatic rings. The van der Waals surface area contributed by atoms with E-state index in [0.29, 0.717) is 0 Å². The molecule has 1 fully saturated rings. The first kappa shape index (κ1) is 13.5. The van der Waals surface area contributed by atoms with Gasteiger partial charge in [-0.25, -0.2) is 4.79 Å². The molecular formula is C11H17NO5. The van der Waals surface area contributed by atoms with Gasteiger partial charge in [-0.2, -0.15) is 0 Å². The normalized spacial score (nSPS) is 18.4. The molecule has 17 heavy (non-hydrogen) atoms. The Balaban J connectivity index is 2.50. The van der Waals surface area contributed by atoms with Crippen LogP contribution >= 0.6 is 0 Å². The minimum Gasteiger partial charge on any atom is -0.481 e. The molecule has 1 aliphatic rings. The van der Waals surface area contributed by atoms with Gasteiger partial charge in [0.05, 0.1) is 6.42 Å². The van der Waals surface area contributed by atoms with Crippen LogP contribution in [0.2, 0.25) is 0 Å². The molecule has 6 nitrogen and oxygen atoms in total. The molecule has 1 amide bonds. The average molecular weight is 243 g/mol. The minimum atomic E-state index is -1.33. The Hall–Kier alpha value is -1.59. The molecule has 1 atom stereocenters. The standard InChI is InChI=1S/C11H17NO5/c13-9(14)6-8(11(16)17)12-10(15)7-4-2-1-3-5-7/h7-8H,1-6H2,(H,12,15)(H,13,14)(H,16,17). The van der Waals surface area contributed by atoms with E-state index in [1.54, 1.807) is 0 Å². The van der Waals surface area contributed by atoms with Crippen molar-refractivity contribution in [3.63, 3.8) is 0 Å². The third-order valence-electron chi connectivity index (χ3n) is 2.97. The van der Waals surface area contributed by atoms with Gasteiger partial charge in [-0.15, -0.1) is 0 Å². The maximum absolute atomic E-state index is 11.7. The van der Waals surface area contributed by atoms with Gasteiger partial charge in [-0.1, -0.05) is 19.3 Å². The lowest BCUT2D eigenvalue weighted by atomic mass is 9.88. The Morgan fingerprint density at radius 3 is 2.18 bits per heavy atom. The van der Waals surface area contributed by atoms with Crippen molar-refractivity contribution in [3.8, 4) is 0 Å². The Morgan fingerprint density at radius 1 is 1.12 bits per heavy atom. The number of hydrogen-bond acceptors (Lipinski definition) is 3. The van der Waals surface area contributed by atoms with Crippen molar-refractivity contribution in [1.29, 1.82) is 0 Å². The number of carbonyl (C=O) groups is 3. The fourth-order valence-electron chi connectivity index (χ4n) is 2.03. The van der Waals surface area contributed by atoms with Crippen molar-refractivity contribution < 1.29 is 24.6 Å². The average Bonchev–Trinajstić information content (AvgIpc) is 2.28. The van der Waals surface area contributed by atoms with E-state index in [9.17, 15) is 14.4 Å². The molecule has 0 saturated heterocycles. The van der Waals surface area contributed by atoms with Crippen molar-refractivity contribution in [3.05, 3.63) is 0 Å². The number of amides is 1. The van der Waals surface area contributed by atoms with E-state index < -0.39 is 24.4 Å².